The Balaban J connectivity index is 2.03. The van der Waals surface area contributed by atoms with E-state index in [9.17, 15) is 9.90 Å². The zero-order valence-corrected chi connectivity index (χ0v) is 15.1. The van der Waals surface area contributed by atoms with Crippen LogP contribution in [0.2, 0.25) is 10.0 Å². The van der Waals surface area contributed by atoms with E-state index in [1.54, 1.807) is 0 Å². The first-order chi connectivity index (χ1) is 10.8. The van der Waals surface area contributed by atoms with E-state index >= 15 is 0 Å². The van der Waals surface area contributed by atoms with Gasteiger partial charge in [0.05, 0.1) is 10.0 Å². The van der Waals surface area contributed by atoms with Crippen LogP contribution in [0.5, 0.6) is 5.75 Å². The van der Waals surface area contributed by atoms with Crippen molar-refractivity contribution in [1.29, 1.82) is 0 Å². The van der Waals surface area contributed by atoms with Crippen LogP contribution in [0.1, 0.15) is 40.0 Å². The Labute approximate surface area is 147 Å². The molecule has 1 aromatic carbocycles. The Kier molecular flexibility index (Phi) is 6.04. The maximum atomic E-state index is 12.2. The van der Waals surface area contributed by atoms with E-state index in [2.05, 4.69) is 26.1 Å². The van der Waals surface area contributed by atoms with E-state index in [4.69, 9.17) is 27.9 Å². The Hall–Kier alpha value is -1.13. The summed E-state index contributed by atoms with van der Waals surface area (Å²) in [5.41, 5.74) is 0.396. The number of rotatable bonds is 3. The molecule has 0 aliphatic heterocycles. The number of benzene rings is 1. The molecule has 0 saturated heterocycles. The summed E-state index contributed by atoms with van der Waals surface area (Å²) in [5, 5.41) is 12.3. The third-order valence-electron chi connectivity index (χ3n) is 4.48. The number of anilines is 1. The summed E-state index contributed by atoms with van der Waals surface area (Å²) in [7, 11) is 0. The lowest BCUT2D eigenvalue weighted by atomic mass is 9.75. The minimum absolute atomic E-state index is 0.0817. The van der Waals surface area contributed by atoms with Crippen LogP contribution < -0.4 is 5.32 Å². The van der Waals surface area contributed by atoms with Crippen LogP contribution in [0.4, 0.5) is 10.5 Å². The number of hydrogen-bond donors (Lipinski definition) is 2. The summed E-state index contributed by atoms with van der Waals surface area (Å²) < 4.78 is 5.65. The van der Waals surface area contributed by atoms with Gasteiger partial charge < -0.3 is 9.84 Å². The molecule has 1 fully saturated rings. The minimum atomic E-state index is -0.521. The molecule has 0 heterocycles. The molecule has 6 heteroatoms. The lowest BCUT2D eigenvalue weighted by Gasteiger charge is -2.36. The van der Waals surface area contributed by atoms with Crippen molar-refractivity contribution in [2.24, 2.45) is 17.8 Å². The first-order valence-electron chi connectivity index (χ1n) is 7.93. The molecule has 2 N–H and O–H groups in total. The molecular formula is C17H23Cl2NO3. The number of carbonyl (C=O) groups excluding carboxylic acids is 1. The van der Waals surface area contributed by atoms with Crippen LogP contribution in [0.25, 0.3) is 0 Å². The number of amides is 1. The summed E-state index contributed by atoms with van der Waals surface area (Å²) in [5.74, 6) is 1.20. The quantitative estimate of drug-likeness (QED) is 0.679. The van der Waals surface area contributed by atoms with Gasteiger partial charge in [-0.1, -0.05) is 50.4 Å². The zero-order valence-electron chi connectivity index (χ0n) is 13.6. The molecule has 4 nitrogen and oxygen atoms in total. The lowest BCUT2D eigenvalue weighted by molar-refractivity contribution is 0.0126. The van der Waals surface area contributed by atoms with Crippen molar-refractivity contribution in [3.63, 3.8) is 0 Å². The van der Waals surface area contributed by atoms with E-state index in [-0.39, 0.29) is 21.9 Å². The van der Waals surface area contributed by atoms with Gasteiger partial charge in [0.2, 0.25) is 0 Å². The van der Waals surface area contributed by atoms with E-state index < -0.39 is 6.09 Å². The minimum Gasteiger partial charge on any atom is -0.505 e. The Morgan fingerprint density at radius 2 is 1.91 bits per heavy atom. The molecule has 1 aliphatic rings. The van der Waals surface area contributed by atoms with Gasteiger partial charge in [-0.2, -0.15) is 0 Å². The Morgan fingerprint density at radius 3 is 2.48 bits per heavy atom. The monoisotopic (exact) mass is 359 g/mol. The molecule has 0 aromatic heterocycles. The van der Waals surface area contributed by atoms with Crippen LogP contribution in [-0.2, 0) is 4.74 Å². The highest BCUT2D eigenvalue weighted by molar-refractivity contribution is 6.37. The van der Waals surface area contributed by atoms with Gasteiger partial charge in [-0.05, 0) is 42.7 Å². The number of phenolic OH excluding ortho intramolecular Hbond substituents is 1. The first kappa shape index (κ1) is 18.2. The molecule has 23 heavy (non-hydrogen) atoms. The second-order valence-corrected chi connectivity index (χ2v) is 7.50. The highest BCUT2D eigenvalue weighted by Gasteiger charge is 2.33. The van der Waals surface area contributed by atoms with Crippen molar-refractivity contribution in [2.45, 2.75) is 46.1 Å². The van der Waals surface area contributed by atoms with Gasteiger partial charge in [0.1, 0.15) is 6.10 Å². The molecule has 0 bridgehead atoms. The molecular weight excluding hydrogens is 337 g/mol. The van der Waals surface area contributed by atoms with Gasteiger partial charge in [0.25, 0.3) is 0 Å². The molecule has 1 saturated carbocycles. The first-order valence-corrected chi connectivity index (χ1v) is 8.69. The fourth-order valence-corrected chi connectivity index (χ4v) is 3.66. The second kappa shape index (κ2) is 7.63. The van der Waals surface area contributed by atoms with Gasteiger partial charge in [-0.3, -0.25) is 5.32 Å². The fourth-order valence-electron chi connectivity index (χ4n) is 3.17. The summed E-state index contributed by atoms with van der Waals surface area (Å²) in [6.45, 7) is 6.51. The van der Waals surface area contributed by atoms with Crippen LogP contribution >= 0.6 is 23.2 Å². The maximum Gasteiger partial charge on any atom is 0.411 e. The molecule has 3 atom stereocenters. The normalized spacial score (nSPS) is 24.5. The zero-order chi connectivity index (χ0) is 17.1. The summed E-state index contributed by atoms with van der Waals surface area (Å²) in [6, 6.07) is 2.88. The summed E-state index contributed by atoms with van der Waals surface area (Å²) >= 11 is 11.7. The summed E-state index contributed by atoms with van der Waals surface area (Å²) in [4.78, 5) is 12.2. The van der Waals surface area contributed by atoms with Crippen LogP contribution in [-0.4, -0.2) is 17.3 Å². The number of ether oxygens (including phenoxy) is 1. The third-order valence-corrected chi connectivity index (χ3v) is 5.06. The number of phenols is 1. The number of aromatic hydroxyl groups is 1. The lowest BCUT2D eigenvalue weighted by Crippen LogP contribution is -2.36. The predicted octanol–water partition coefficient (Wildman–Crippen LogP) is 5.71. The van der Waals surface area contributed by atoms with Crippen molar-refractivity contribution in [3.8, 4) is 5.75 Å². The van der Waals surface area contributed by atoms with Crippen LogP contribution in [0, 0.1) is 17.8 Å². The highest BCUT2D eigenvalue weighted by Crippen LogP contribution is 2.36. The Morgan fingerprint density at radius 1 is 1.30 bits per heavy atom. The van der Waals surface area contributed by atoms with Crippen molar-refractivity contribution >= 4 is 35.0 Å². The number of carbonyl (C=O) groups is 1. The maximum absolute atomic E-state index is 12.2. The molecule has 3 unspecified atom stereocenters. The van der Waals surface area contributed by atoms with Gasteiger partial charge in [0, 0.05) is 5.69 Å². The molecule has 1 aromatic rings. The number of halogens is 2. The molecule has 0 radical (unpaired) electrons. The highest BCUT2D eigenvalue weighted by atomic mass is 35.5. The van der Waals surface area contributed by atoms with Crippen molar-refractivity contribution in [2.75, 3.05) is 5.32 Å². The molecule has 0 spiro atoms. The van der Waals surface area contributed by atoms with E-state index in [1.165, 1.54) is 18.6 Å². The van der Waals surface area contributed by atoms with E-state index in [0.717, 1.165) is 12.8 Å². The van der Waals surface area contributed by atoms with Crippen LogP contribution in [0.15, 0.2) is 12.1 Å². The Bertz CT molecular complexity index is 554. The van der Waals surface area contributed by atoms with Gasteiger partial charge in [-0.15, -0.1) is 0 Å². The smallest absolute Gasteiger partial charge is 0.411 e. The second-order valence-electron chi connectivity index (χ2n) is 6.68. The number of hydrogen-bond acceptors (Lipinski definition) is 3. The van der Waals surface area contributed by atoms with Crippen molar-refractivity contribution in [1.82, 2.24) is 0 Å². The molecule has 1 aliphatic carbocycles. The van der Waals surface area contributed by atoms with Crippen LogP contribution in [0.3, 0.4) is 0 Å². The predicted molar refractivity (Wildman–Crippen MR) is 93.4 cm³/mol. The standard InChI is InChI=1S/C17H23Cl2NO3/c1-9(2)12-5-4-10(3)6-15(12)23-17(22)20-11-7-13(18)16(21)14(19)8-11/h7-10,12,15,21H,4-6H2,1-3H3,(H,20,22). The topological polar surface area (TPSA) is 58.6 Å². The number of nitrogens with one attached hydrogen (secondary N) is 1. The van der Waals surface area contributed by atoms with Crippen molar-refractivity contribution in [3.05, 3.63) is 22.2 Å². The SMILES string of the molecule is CC1CCC(C(C)C)C(OC(=O)Nc2cc(Cl)c(O)c(Cl)c2)C1. The summed E-state index contributed by atoms with van der Waals surface area (Å²) in [6.07, 6.45) is 2.53. The average Bonchev–Trinajstić information content (AvgIpc) is 2.44. The van der Waals surface area contributed by atoms with Gasteiger partial charge >= 0.3 is 6.09 Å². The largest absolute Gasteiger partial charge is 0.505 e. The van der Waals surface area contributed by atoms with E-state index in [0.29, 0.717) is 23.4 Å². The molecule has 2 rings (SSSR count). The average molecular weight is 360 g/mol. The van der Waals surface area contributed by atoms with E-state index in [1.807, 2.05) is 0 Å². The third kappa shape index (κ3) is 4.67. The van der Waals surface area contributed by atoms with Crippen molar-refractivity contribution < 1.29 is 14.6 Å². The van der Waals surface area contributed by atoms with Gasteiger partial charge in [0.15, 0.2) is 5.75 Å². The molecule has 128 valence electrons. The fraction of sp³-hybridized carbons (Fsp3) is 0.588. The molecule has 1 amide bonds. The van der Waals surface area contributed by atoms with Gasteiger partial charge in [-0.25, -0.2) is 4.79 Å².